The molecule has 0 fully saturated rings. The number of carboxylic acid groups (broad SMARTS) is 1. The van der Waals surface area contributed by atoms with Crippen LogP contribution in [0.15, 0.2) is 23.0 Å². The molecule has 0 saturated heterocycles. The Morgan fingerprint density at radius 2 is 2.10 bits per heavy atom. The highest BCUT2D eigenvalue weighted by Crippen LogP contribution is 2.26. The van der Waals surface area contributed by atoms with Gasteiger partial charge in [-0.25, -0.2) is 9.78 Å². The number of nitrogens with one attached hydrogen (secondary N) is 1. The Morgan fingerprint density at radius 3 is 2.62 bits per heavy atom. The van der Waals surface area contributed by atoms with Crippen molar-refractivity contribution >= 4 is 23.3 Å². The number of hydrogen-bond acceptors (Lipinski definition) is 5. The van der Waals surface area contributed by atoms with Crippen LogP contribution in [0, 0.1) is 17.0 Å². The summed E-state index contributed by atoms with van der Waals surface area (Å²) in [7, 11) is 0. The number of hydrogen-bond donors (Lipinski definition) is 2. The van der Waals surface area contributed by atoms with Crippen LogP contribution in [-0.4, -0.2) is 26.0 Å². The minimum Gasteiger partial charge on any atom is -0.477 e. The number of benzene rings is 1. The zero-order chi connectivity index (χ0) is 15.7. The molecule has 1 aromatic carbocycles. The quantitative estimate of drug-likeness (QED) is 0.659. The fraction of sp³-hybridized carbons (Fsp3) is 0.0833. The van der Waals surface area contributed by atoms with Crippen LogP contribution in [0.2, 0.25) is 5.02 Å². The number of carboxylic acids is 1. The average molecular weight is 310 g/mol. The van der Waals surface area contributed by atoms with Gasteiger partial charge in [-0.2, -0.15) is 0 Å². The molecule has 0 aliphatic carbocycles. The Hall–Kier alpha value is -2.74. The molecule has 0 aliphatic rings. The second kappa shape index (κ2) is 5.33. The number of aryl methyl sites for hydroxylation is 1. The highest BCUT2D eigenvalue weighted by Gasteiger charge is 2.17. The number of aromatic amines is 1. The largest absolute Gasteiger partial charge is 0.477 e. The normalized spacial score (nSPS) is 10.4. The molecular formula is C12H8ClN3O5. The smallest absolute Gasteiger partial charge is 0.343 e. The van der Waals surface area contributed by atoms with Crippen molar-refractivity contribution in [2.24, 2.45) is 0 Å². The monoisotopic (exact) mass is 309 g/mol. The van der Waals surface area contributed by atoms with Gasteiger partial charge in [-0.15, -0.1) is 0 Å². The van der Waals surface area contributed by atoms with E-state index in [4.69, 9.17) is 16.7 Å². The molecule has 21 heavy (non-hydrogen) atoms. The van der Waals surface area contributed by atoms with Gasteiger partial charge in [-0.1, -0.05) is 11.6 Å². The number of nitrogens with zero attached hydrogens (tertiary/aromatic N) is 2. The van der Waals surface area contributed by atoms with Gasteiger partial charge in [-0.05, 0) is 13.0 Å². The fourth-order valence-corrected chi connectivity index (χ4v) is 2.02. The summed E-state index contributed by atoms with van der Waals surface area (Å²) < 4.78 is 0. The number of nitro groups is 1. The second-order valence-electron chi connectivity index (χ2n) is 4.14. The molecule has 2 N–H and O–H groups in total. The van der Waals surface area contributed by atoms with Gasteiger partial charge in [-0.3, -0.25) is 14.9 Å². The van der Waals surface area contributed by atoms with Crippen molar-refractivity contribution < 1.29 is 14.8 Å². The molecule has 0 bridgehead atoms. The van der Waals surface area contributed by atoms with Gasteiger partial charge in [0.05, 0.1) is 10.6 Å². The van der Waals surface area contributed by atoms with E-state index < -0.39 is 22.0 Å². The maximum atomic E-state index is 11.7. The second-order valence-corrected chi connectivity index (χ2v) is 4.57. The number of rotatable bonds is 3. The highest BCUT2D eigenvalue weighted by atomic mass is 35.5. The first-order valence-corrected chi connectivity index (χ1v) is 5.97. The molecule has 0 spiro atoms. The zero-order valence-corrected chi connectivity index (χ0v) is 11.3. The third-order valence-electron chi connectivity index (χ3n) is 2.68. The fourth-order valence-electron chi connectivity index (χ4n) is 1.79. The van der Waals surface area contributed by atoms with Gasteiger partial charge < -0.3 is 10.1 Å². The van der Waals surface area contributed by atoms with Gasteiger partial charge in [0.1, 0.15) is 11.4 Å². The summed E-state index contributed by atoms with van der Waals surface area (Å²) in [5.41, 5.74) is -1.36. The molecule has 2 aromatic rings. The summed E-state index contributed by atoms with van der Waals surface area (Å²) >= 11 is 5.79. The Morgan fingerprint density at radius 1 is 1.43 bits per heavy atom. The molecular weight excluding hydrogens is 302 g/mol. The van der Waals surface area contributed by atoms with Crippen LogP contribution in [-0.2, 0) is 0 Å². The molecule has 0 saturated carbocycles. The van der Waals surface area contributed by atoms with Crippen molar-refractivity contribution in [1.82, 2.24) is 9.97 Å². The van der Waals surface area contributed by atoms with Crippen LogP contribution in [0.5, 0.6) is 0 Å². The molecule has 9 heteroatoms. The maximum Gasteiger partial charge on any atom is 0.343 e. The van der Waals surface area contributed by atoms with E-state index in [1.54, 1.807) is 0 Å². The predicted octanol–water partition coefficient (Wildman–Crippen LogP) is 2.01. The van der Waals surface area contributed by atoms with E-state index in [1.165, 1.54) is 19.1 Å². The van der Waals surface area contributed by atoms with E-state index in [0.29, 0.717) is 0 Å². The minimum absolute atomic E-state index is 0.00359. The topological polar surface area (TPSA) is 126 Å². The molecule has 108 valence electrons. The van der Waals surface area contributed by atoms with Crippen LogP contribution >= 0.6 is 11.6 Å². The molecule has 0 amide bonds. The lowest BCUT2D eigenvalue weighted by molar-refractivity contribution is -0.384. The molecule has 1 heterocycles. The number of H-pyrrole nitrogens is 1. The van der Waals surface area contributed by atoms with Gasteiger partial charge in [0, 0.05) is 22.7 Å². The average Bonchev–Trinajstić information content (AvgIpc) is 2.36. The lowest BCUT2D eigenvalue weighted by Gasteiger charge is -2.05. The summed E-state index contributed by atoms with van der Waals surface area (Å²) in [6.07, 6.45) is 0. The van der Waals surface area contributed by atoms with Crippen LogP contribution in [0.4, 0.5) is 5.69 Å². The first kappa shape index (κ1) is 14.7. The highest BCUT2D eigenvalue weighted by molar-refractivity contribution is 6.31. The number of aromatic carboxylic acids is 1. The molecule has 0 radical (unpaired) electrons. The van der Waals surface area contributed by atoms with E-state index >= 15 is 0 Å². The number of carbonyl (C=O) groups is 1. The van der Waals surface area contributed by atoms with Gasteiger partial charge >= 0.3 is 5.97 Å². The van der Waals surface area contributed by atoms with Crippen LogP contribution in [0.25, 0.3) is 11.4 Å². The first-order chi connectivity index (χ1) is 9.79. The molecule has 2 rings (SSSR count). The standard InChI is InChI=1S/C12H8ClN3O5/c1-5-9(12(18)19)11(17)15-10(14-5)6-2-7(13)4-8(3-6)16(20)21/h2-4H,1H3,(H,18,19)(H,14,15,17). The third kappa shape index (κ3) is 2.90. The Bertz CT molecular complexity index is 815. The van der Waals surface area contributed by atoms with E-state index in [2.05, 4.69) is 9.97 Å². The molecule has 8 nitrogen and oxygen atoms in total. The van der Waals surface area contributed by atoms with E-state index in [9.17, 15) is 19.7 Å². The van der Waals surface area contributed by atoms with Gasteiger partial charge in [0.15, 0.2) is 0 Å². The number of non-ortho nitro benzene ring substituents is 1. The Kier molecular flexibility index (Phi) is 3.72. The maximum absolute atomic E-state index is 11.7. The van der Waals surface area contributed by atoms with Crippen LogP contribution < -0.4 is 5.56 Å². The van der Waals surface area contributed by atoms with Crippen molar-refractivity contribution in [2.75, 3.05) is 0 Å². The molecule has 0 atom stereocenters. The minimum atomic E-state index is -1.40. The Balaban J connectivity index is 2.66. The van der Waals surface area contributed by atoms with Crippen LogP contribution in [0.1, 0.15) is 16.1 Å². The SMILES string of the molecule is Cc1nc(-c2cc(Cl)cc([N+](=O)[O-])c2)[nH]c(=O)c1C(=O)O. The summed E-state index contributed by atoms with van der Waals surface area (Å²) in [4.78, 5) is 39.0. The third-order valence-corrected chi connectivity index (χ3v) is 2.90. The zero-order valence-electron chi connectivity index (χ0n) is 10.6. The lowest BCUT2D eigenvalue weighted by atomic mass is 10.1. The van der Waals surface area contributed by atoms with Gasteiger partial charge in [0.2, 0.25) is 0 Å². The summed E-state index contributed by atoms with van der Waals surface area (Å²) in [6.45, 7) is 1.36. The van der Waals surface area contributed by atoms with Crippen molar-refractivity contribution in [3.8, 4) is 11.4 Å². The van der Waals surface area contributed by atoms with Crippen LogP contribution in [0.3, 0.4) is 0 Å². The van der Waals surface area contributed by atoms with Crippen molar-refractivity contribution in [3.05, 3.63) is 54.9 Å². The first-order valence-electron chi connectivity index (χ1n) is 5.59. The van der Waals surface area contributed by atoms with E-state index in [0.717, 1.165) is 6.07 Å². The summed E-state index contributed by atoms with van der Waals surface area (Å²) in [5, 5.41) is 19.8. The van der Waals surface area contributed by atoms with Gasteiger partial charge in [0.25, 0.3) is 11.2 Å². The van der Waals surface area contributed by atoms with E-state index in [-0.39, 0.29) is 27.8 Å². The molecule has 1 aromatic heterocycles. The summed E-state index contributed by atoms with van der Waals surface area (Å²) in [6, 6.07) is 3.72. The van der Waals surface area contributed by atoms with Crippen molar-refractivity contribution in [2.45, 2.75) is 6.92 Å². The van der Waals surface area contributed by atoms with Crippen molar-refractivity contribution in [1.29, 1.82) is 0 Å². The lowest BCUT2D eigenvalue weighted by Crippen LogP contribution is -2.21. The Labute approximate surface area is 122 Å². The molecule has 0 unspecified atom stereocenters. The van der Waals surface area contributed by atoms with Crippen molar-refractivity contribution in [3.63, 3.8) is 0 Å². The predicted molar refractivity (Wildman–Crippen MR) is 73.7 cm³/mol. The number of aromatic nitrogens is 2. The summed E-state index contributed by atoms with van der Waals surface area (Å²) in [5.74, 6) is -1.39. The number of nitro benzene ring substituents is 1. The van der Waals surface area contributed by atoms with E-state index in [1.807, 2.05) is 0 Å². The number of halogens is 1. The molecule has 0 aliphatic heterocycles.